The fourth-order valence-corrected chi connectivity index (χ4v) is 5.45. The highest BCUT2D eigenvalue weighted by atomic mass is 35.5. The van der Waals surface area contributed by atoms with E-state index in [-0.39, 0.29) is 23.7 Å². The molecule has 0 radical (unpaired) electrons. The summed E-state index contributed by atoms with van der Waals surface area (Å²) in [6, 6.07) is 4.99. The minimum absolute atomic E-state index is 0.102. The zero-order valence-electron chi connectivity index (χ0n) is 18.1. The quantitative estimate of drug-likeness (QED) is 0.412. The van der Waals surface area contributed by atoms with Crippen LogP contribution in [0.4, 0.5) is 10.2 Å². The van der Waals surface area contributed by atoms with Gasteiger partial charge in [-0.05, 0) is 49.6 Å². The van der Waals surface area contributed by atoms with E-state index in [9.17, 15) is 0 Å². The molecule has 0 amide bonds. The molecule has 0 aliphatic heterocycles. The standard InChI is InChI=1S/C24H20ClFN6O/c1-10-15(25)7-14(11(2)31-24-21-23(28-8-27-21)29-9-30-24)19-13-5-4-6-16(26)20(13)22-18(17(10)19)12(3)32-33-22/h4-9,11,17,19H,1-3H3,(H2,27,28,29,30,31). The molecule has 4 aromatic rings. The highest BCUT2D eigenvalue weighted by Gasteiger charge is 2.45. The van der Waals surface area contributed by atoms with Crippen molar-refractivity contribution < 1.29 is 8.91 Å². The van der Waals surface area contributed by atoms with E-state index in [1.165, 1.54) is 12.4 Å². The molecule has 33 heavy (non-hydrogen) atoms. The summed E-state index contributed by atoms with van der Waals surface area (Å²) in [4.78, 5) is 15.9. The van der Waals surface area contributed by atoms with E-state index >= 15 is 4.39 Å². The molecule has 166 valence electrons. The van der Waals surface area contributed by atoms with E-state index in [0.717, 1.165) is 33.5 Å². The average Bonchev–Trinajstić information content (AvgIpc) is 3.43. The van der Waals surface area contributed by atoms with Crippen LogP contribution in [0, 0.1) is 12.7 Å². The van der Waals surface area contributed by atoms with Crippen molar-refractivity contribution in [2.75, 3.05) is 5.32 Å². The number of benzene rings is 1. The number of anilines is 1. The Morgan fingerprint density at radius 2 is 2.03 bits per heavy atom. The van der Waals surface area contributed by atoms with Crippen LogP contribution in [0.1, 0.15) is 42.5 Å². The average molecular weight is 463 g/mol. The van der Waals surface area contributed by atoms with Crippen LogP contribution >= 0.6 is 11.6 Å². The minimum atomic E-state index is -0.323. The second-order valence-corrected chi connectivity index (χ2v) is 8.94. The molecular weight excluding hydrogens is 443 g/mol. The van der Waals surface area contributed by atoms with Crippen molar-refractivity contribution in [3.63, 3.8) is 0 Å². The first kappa shape index (κ1) is 20.1. The van der Waals surface area contributed by atoms with Crippen molar-refractivity contribution in [2.24, 2.45) is 0 Å². The Hall–Kier alpha value is -3.52. The number of nitrogens with one attached hydrogen (secondary N) is 2. The summed E-state index contributed by atoms with van der Waals surface area (Å²) in [7, 11) is 0. The predicted molar refractivity (Wildman–Crippen MR) is 124 cm³/mol. The van der Waals surface area contributed by atoms with Crippen LogP contribution in [0.5, 0.6) is 0 Å². The van der Waals surface area contributed by atoms with Gasteiger partial charge in [-0.25, -0.2) is 19.3 Å². The maximum absolute atomic E-state index is 15.1. The molecule has 2 aliphatic carbocycles. The number of H-pyrrole nitrogens is 1. The normalized spacial score (nSPS) is 20.2. The molecule has 0 saturated carbocycles. The van der Waals surface area contributed by atoms with Gasteiger partial charge in [0.2, 0.25) is 0 Å². The molecule has 7 nitrogen and oxygen atoms in total. The number of aromatic amines is 1. The molecule has 9 heteroatoms. The van der Waals surface area contributed by atoms with Crippen LogP contribution in [0.3, 0.4) is 0 Å². The summed E-state index contributed by atoms with van der Waals surface area (Å²) in [6.07, 6.45) is 5.05. The number of fused-ring (bicyclic) bond motifs is 7. The second kappa shape index (κ2) is 7.25. The molecule has 0 spiro atoms. The molecule has 0 bridgehead atoms. The lowest BCUT2D eigenvalue weighted by atomic mass is 9.64. The van der Waals surface area contributed by atoms with Crippen molar-refractivity contribution in [1.29, 1.82) is 0 Å². The van der Waals surface area contributed by atoms with E-state index in [0.29, 0.717) is 27.8 Å². The number of halogens is 2. The van der Waals surface area contributed by atoms with Gasteiger partial charge in [-0.3, -0.25) is 0 Å². The summed E-state index contributed by atoms with van der Waals surface area (Å²) in [6.45, 7) is 5.96. The first-order valence-electron chi connectivity index (χ1n) is 10.7. The SMILES string of the molecule is CC1=C(Cl)C=C(C(C)Nc2ncnc3nc[nH]c23)C2c3cccc(F)c3-c3onc(C)c3C12. The molecule has 0 fully saturated rings. The van der Waals surface area contributed by atoms with E-state index in [1.807, 2.05) is 32.9 Å². The van der Waals surface area contributed by atoms with Gasteiger partial charge in [-0.15, -0.1) is 0 Å². The number of hydrogen-bond acceptors (Lipinski definition) is 6. The van der Waals surface area contributed by atoms with Gasteiger partial charge < -0.3 is 14.8 Å². The third-order valence-corrected chi connectivity index (χ3v) is 7.14. The third-order valence-electron chi connectivity index (χ3n) is 6.73. The molecule has 2 aliphatic rings. The number of aromatic nitrogens is 5. The Labute approximate surface area is 193 Å². The maximum atomic E-state index is 15.1. The van der Waals surface area contributed by atoms with E-state index < -0.39 is 0 Å². The minimum Gasteiger partial charge on any atom is -0.362 e. The van der Waals surface area contributed by atoms with Crippen LogP contribution in [0.15, 0.2) is 57.6 Å². The van der Waals surface area contributed by atoms with Gasteiger partial charge in [0.05, 0.1) is 17.6 Å². The Kier molecular flexibility index (Phi) is 4.42. The number of hydrogen-bond donors (Lipinski definition) is 2. The first-order chi connectivity index (χ1) is 16.0. The monoisotopic (exact) mass is 462 g/mol. The predicted octanol–water partition coefficient (Wildman–Crippen LogP) is 5.59. The third kappa shape index (κ3) is 2.87. The van der Waals surface area contributed by atoms with Crippen molar-refractivity contribution in [3.8, 4) is 11.3 Å². The fraction of sp³-hybridized carbons (Fsp3) is 0.250. The molecule has 3 aromatic heterocycles. The zero-order chi connectivity index (χ0) is 22.9. The van der Waals surface area contributed by atoms with Crippen molar-refractivity contribution in [1.82, 2.24) is 25.1 Å². The Balaban J connectivity index is 1.52. The highest BCUT2D eigenvalue weighted by Crippen LogP contribution is 2.57. The topological polar surface area (TPSA) is 92.5 Å². The maximum Gasteiger partial charge on any atom is 0.182 e. The van der Waals surface area contributed by atoms with Crippen LogP contribution in [-0.4, -0.2) is 31.1 Å². The van der Waals surface area contributed by atoms with Crippen LogP contribution < -0.4 is 5.32 Å². The largest absolute Gasteiger partial charge is 0.362 e. The van der Waals surface area contributed by atoms with Crippen LogP contribution in [0.2, 0.25) is 0 Å². The van der Waals surface area contributed by atoms with Gasteiger partial charge >= 0.3 is 0 Å². The summed E-state index contributed by atoms with van der Waals surface area (Å²) >= 11 is 6.76. The zero-order valence-corrected chi connectivity index (χ0v) is 18.9. The molecular formula is C24H20ClFN6O. The number of rotatable bonds is 3. The van der Waals surface area contributed by atoms with Gasteiger partial charge in [0.15, 0.2) is 17.2 Å². The Morgan fingerprint density at radius 1 is 1.18 bits per heavy atom. The summed E-state index contributed by atoms with van der Waals surface area (Å²) < 4.78 is 20.8. The lowest BCUT2D eigenvalue weighted by Crippen LogP contribution is -2.31. The molecule has 2 N–H and O–H groups in total. The number of allylic oxidation sites excluding steroid dienone is 3. The van der Waals surface area contributed by atoms with E-state index in [1.54, 1.807) is 12.4 Å². The van der Waals surface area contributed by atoms with Crippen molar-refractivity contribution in [3.05, 3.63) is 75.7 Å². The van der Waals surface area contributed by atoms with Crippen LogP contribution in [-0.2, 0) is 0 Å². The van der Waals surface area contributed by atoms with Gasteiger partial charge in [0, 0.05) is 28.5 Å². The lowest BCUT2D eigenvalue weighted by Gasteiger charge is -2.40. The number of aryl methyl sites for hydroxylation is 1. The van der Waals surface area contributed by atoms with Crippen LogP contribution in [0.25, 0.3) is 22.5 Å². The molecule has 1 aromatic carbocycles. The number of nitrogens with zero attached hydrogens (tertiary/aromatic N) is 4. The summed E-state index contributed by atoms with van der Waals surface area (Å²) in [5, 5.41) is 8.33. The van der Waals surface area contributed by atoms with Crippen molar-refractivity contribution in [2.45, 2.75) is 38.6 Å². The van der Waals surface area contributed by atoms with Gasteiger partial charge in [0.1, 0.15) is 17.7 Å². The summed E-state index contributed by atoms with van der Waals surface area (Å²) in [5.74, 6) is 0.571. The second-order valence-electron chi connectivity index (χ2n) is 8.53. The lowest BCUT2D eigenvalue weighted by molar-refractivity contribution is 0.421. The van der Waals surface area contributed by atoms with E-state index in [4.69, 9.17) is 16.1 Å². The molecule has 3 heterocycles. The Morgan fingerprint density at radius 3 is 2.88 bits per heavy atom. The number of imidazole rings is 1. The Bertz CT molecular complexity index is 1490. The van der Waals surface area contributed by atoms with Gasteiger partial charge in [-0.1, -0.05) is 28.9 Å². The molecule has 6 rings (SSSR count). The fourth-order valence-electron chi connectivity index (χ4n) is 5.20. The van der Waals surface area contributed by atoms with E-state index in [2.05, 4.69) is 30.4 Å². The first-order valence-corrected chi connectivity index (χ1v) is 11.1. The molecule has 3 atom stereocenters. The summed E-state index contributed by atoms with van der Waals surface area (Å²) in [5.41, 5.74) is 6.32. The smallest absolute Gasteiger partial charge is 0.182 e. The molecule has 3 unspecified atom stereocenters. The highest BCUT2D eigenvalue weighted by molar-refractivity contribution is 6.32. The van der Waals surface area contributed by atoms with Crippen molar-refractivity contribution >= 4 is 28.6 Å². The van der Waals surface area contributed by atoms with Gasteiger partial charge in [0.25, 0.3) is 0 Å². The van der Waals surface area contributed by atoms with Gasteiger partial charge in [-0.2, -0.15) is 0 Å². The molecule has 0 saturated heterocycles.